The van der Waals surface area contributed by atoms with Crippen molar-refractivity contribution >= 4 is 29.9 Å². The van der Waals surface area contributed by atoms with E-state index in [4.69, 9.17) is 14.5 Å². The van der Waals surface area contributed by atoms with Crippen LogP contribution in [0.15, 0.2) is 41.5 Å². The van der Waals surface area contributed by atoms with E-state index in [0.717, 1.165) is 82.4 Å². The number of halogens is 1. The number of ether oxygens (including phenoxy) is 2. The van der Waals surface area contributed by atoms with Gasteiger partial charge in [-0.2, -0.15) is 5.10 Å². The van der Waals surface area contributed by atoms with Crippen LogP contribution in [0.5, 0.6) is 0 Å². The lowest BCUT2D eigenvalue weighted by Crippen LogP contribution is -2.53. The predicted octanol–water partition coefficient (Wildman–Crippen LogP) is 3.58. The molecule has 2 aliphatic rings. The Hall–Kier alpha value is -1.65. The molecule has 1 aromatic carbocycles. The number of guanidine groups is 1. The van der Waals surface area contributed by atoms with E-state index >= 15 is 0 Å². The number of aliphatic imine (C=N–C) groups is 1. The molecule has 2 atom stereocenters. The molecule has 32 heavy (non-hydrogen) atoms. The Bertz CT molecular complexity index is 851. The first-order chi connectivity index (χ1) is 15.2. The third-order valence-corrected chi connectivity index (χ3v) is 5.99. The van der Waals surface area contributed by atoms with Crippen LogP contribution in [0.2, 0.25) is 0 Å². The molecule has 7 nitrogen and oxygen atoms in total. The summed E-state index contributed by atoms with van der Waals surface area (Å²) in [5.74, 6) is 0.991. The average Bonchev–Trinajstić information content (AvgIpc) is 3.47. The van der Waals surface area contributed by atoms with Gasteiger partial charge >= 0.3 is 0 Å². The number of nitrogens with zero attached hydrogens (tertiary/aromatic N) is 4. The SMILES string of the molecule is CCNC(=NCCCc1cn(-c2ccccc2)nc1C)N1CCOC(C2CCCO2)C1.I. The number of rotatable bonds is 7. The fourth-order valence-electron chi connectivity index (χ4n) is 4.32. The fraction of sp³-hybridized carbons (Fsp3) is 0.583. The third kappa shape index (κ3) is 6.45. The number of para-hydroxylation sites is 1. The van der Waals surface area contributed by atoms with Crippen LogP contribution >= 0.6 is 24.0 Å². The molecule has 0 bridgehead atoms. The van der Waals surface area contributed by atoms with Gasteiger partial charge in [0.2, 0.25) is 0 Å². The normalized spacial score (nSPS) is 21.4. The Morgan fingerprint density at radius 2 is 2.00 bits per heavy atom. The summed E-state index contributed by atoms with van der Waals surface area (Å²) >= 11 is 0. The molecule has 0 radical (unpaired) electrons. The minimum absolute atomic E-state index is 0. The summed E-state index contributed by atoms with van der Waals surface area (Å²) in [7, 11) is 0. The smallest absolute Gasteiger partial charge is 0.194 e. The first-order valence-corrected chi connectivity index (χ1v) is 11.6. The number of hydrogen-bond donors (Lipinski definition) is 1. The molecule has 2 unspecified atom stereocenters. The highest BCUT2D eigenvalue weighted by Gasteiger charge is 2.32. The van der Waals surface area contributed by atoms with E-state index in [-0.39, 0.29) is 36.2 Å². The van der Waals surface area contributed by atoms with E-state index in [0.29, 0.717) is 0 Å². The maximum absolute atomic E-state index is 6.00. The van der Waals surface area contributed by atoms with Crippen molar-refractivity contribution in [1.29, 1.82) is 0 Å². The lowest BCUT2D eigenvalue weighted by molar-refractivity contribution is -0.0817. The maximum Gasteiger partial charge on any atom is 0.194 e. The van der Waals surface area contributed by atoms with Crippen LogP contribution in [-0.2, 0) is 15.9 Å². The second-order valence-corrected chi connectivity index (χ2v) is 8.27. The molecule has 3 heterocycles. The van der Waals surface area contributed by atoms with Gasteiger partial charge < -0.3 is 19.7 Å². The Kier molecular flexibility index (Phi) is 9.80. The van der Waals surface area contributed by atoms with Crippen LogP contribution < -0.4 is 5.32 Å². The standard InChI is InChI=1S/C24H35N5O2.HI/c1-3-25-24(28-14-16-31-23(18-28)22-12-8-15-30-22)26-13-7-9-20-17-29(27-19(20)2)21-10-5-4-6-11-21;/h4-6,10-11,17,22-23H,3,7-9,12-16,18H2,1-2H3,(H,25,26);1H. The van der Waals surface area contributed by atoms with Gasteiger partial charge in [0.25, 0.3) is 0 Å². The second-order valence-electron chi connectivity index (χ2n) is 8.27. The van der Waals surface area contributed by atoms with Gasteiger partial charge in [-0.1, -0.05) is 18.2 Å². The molecule has 2 aromatic rings. The van der Waals surface area contributed by atoms with Crippen molar-refractivity contribution in [2.75, 3.05) is 39.4 Å². The maximum atomic E-state index is 6.00. The molecule has 0 amide bonds. The zero-order chi connectivity index (χ0) is 21.5. The molecular weight excluding hydrogens is 517 g/mol. The van der Waals surface area contributed by atoms with E-state index in [2.05, 4.69) is 47.5 Å². The average molecular weight is 553 g/mol. The van der Waals surface area contributed by atoms with Gasteiger partial charge in [0.15, 0.2) is 5.96 Å². The second kappa shape index (κ2) is 12.6. The van der Waals surface area contributed by atoms with E-state index in [1.165, 1.54) is 5.56 Å². The first kappa shape index (κ1) is 25.0. The molecule has 1 aromatic heterocycles. The van der Waals surface area contributed by atoms with Crippen LogP contribution in [0.4, 0.5) is 0 Å². The Morgan fingerprint density at radius 3 is 2.75 bits per heavy atom. The van der Waals surface area contributed by atoms with Crippen molar-refractivity contribution in [3.8, 4) is 5.69 Å². The Balaban J connectivity index is 0.00000289. The van der Waals surface area contributed by atoms with Crippen molar-refractivity contribution < 1.29 is 9.47 Å². The van der Waals surface area contributed by atoms with Gasteiger partial charge in [0.05, 0.1) is 24.1 Å². The Labute approximate surface area is 208 Å². The molecule has 1 N–H and O–H groups in total. The monoisotopic (exact) mass is 553 g/mol. The van der Waals surface area contributed by atoms with Gasteiger partial charge in [-0.05, 0) is 57.2 Å². The van der Waals surface area contributed by atoms with Crippen LogP contribution in [-0.4, -0.2) is 72.2 Å². The van der Waals surface area contributed by atoms with Crippen LogP contribution in [0.1, 0.15) is 37.4 Å². The number of nitrogens with one attached hydrogen (secondary N) is 1. The highest BCUT2D eigenvalue weighted by Crippen LogP contribution is 2.21. The van der Waals surface area contributed by atoms with Crippen LogP contribution in [0.25, 0.3) is 5.69 Å². The lowest BCUT2D eigenvalue weighted by atomic mass is 10.1. The minimum atomic E-state index is 0. The molecule has 0 spiro atoms. The third-order valence-electron chi connectivity index (χ3n) is 5.99. The predicted molar refractivity (Wildman–Crippen MR) is 138 cm³/mol. The highest BCUT2D eigenvalue weighted by molar-refractivity contribution is 14.0. The molecule has 4 rings (SSSR count). The van der Waals surface area contributed by atoms with Gasteiger partial charge in [-0.3, -0.25) is 4.99 Å². The summed E-state index contributed by atoms with van der Waals surface area (Å²) in [6.45, 7) is 9.17. The first-order valence-electron chi connectivity index (χ1n) is 11.6. The van der Waals surface area contributed by atoms with Crippen molar-refractivity contribution in [3.63, 3.8) is 0 Å². The molecule has 176 valence electrons. The van der Waals surface area contributed by atoms with Gasteiger partial charge in [-0.15, -0.1) is 24.0 Å². The molecule has 8 heteroatoms. The van der Waals surface area contributed by atoms with Crippen molar-refractivity contribution in [2.45, 2.75) is 51.7 Å². The molecular formula is C24H36IN5O2. The van der Waals surface area contributed by atoms with E-state index < -0.39 is 0 Å². The highest BCUT2D eigenvalue weighted by atomic mass is 127. The Morgan fingerprint density at radius 1 is 1.19 bits per heavy atom. The van der Waals surface area contributed by atoms with Crippen LogP contribution in [0, 0.1) is 6.92 Å². The summed E-state index contributed by atoms with van der Waals surface area (Å²) in [4.78, 5) is 7.25. The van der Waals surface area contributed by atoms with Crippen LogP contribution in [0.3, 0.4) is 0 Å². The molecule has 2 saturated heterocycles. The quantitative estimate of drug-likeness (QED) is 0.246. The number of morpholine rings is 1. The molecule has 2 aliphatic heterocycles. The topological polar surface area (TPSA) is 63.9 Å². The van der Waals surface area contributed by atoms with Gasteiger partial charge in [0, 0.05) is 39.0 Å². The number of aromatic nitrogens is 2. The fourth-order valence-corrected chi connectivity index (χ4v) is 4.32. The summed E-state index contributed by atoms with van der Waals surface area (Å²) in [5, 5.41) is 8.14. The largest absolute Gasteiger partial charge is 0.375 e. The van der Waals surface area contributed by atoms with Gasteiger partial charge in [-0.25, -0.2) is 4.68 Å². The summed E-state index contributed by atoms with van der Waals surface area (Å²) in [6, 6.07) is 10.3. The number of benzene rings is 1. The molecule has 0 aliphatic carbocycles. The lowest BCUT2D eigenvalue weighted by Gasteiger charge is -2.37. The zero-order valence-electron chi connectivity index (χ0n) is 19.2. The van der Waals surface area contributed by atoms with E-state index in [1.54, 1.807) is 0 Å². The number of hydrogen-bond acceptors (Lipinski definition) is 4. The van der Waals surface area contributed by atoms with E-state index in [9.17, 15) is 0 Å². The van der Waals surface area contributed by atoms with Gasteiger partial charge in [0.1, 0.15) is 6.10 Å². The molecule has 0 saturated carbocycles. The van der Waals surface area contributed by atoms with E-state index in [1.807, 2.05) is 22.9 Å². The summed E-state index contributed by atoms with van der Waals surface area (Å²) in [5.41, 5.74) is 3.47. The summed E-state index contributed by atoms with van der Waals surface area (Å²) < 4.78 is 13.8. The minimum Gasteiger partial charge on any atom is -0.375 e. The van der Waals surface area contributed by atoms with Crippen molar-refractivity contribution in [2.24, 2.45) is 4.99 Å². The number of aryl methyl sites for hydroxylation is 2. The summed E-state index contributed by atoms with van der Waals surface area (Å²) in [6.07, 6.45) is 6.73. The van der Waals surface area contributed by atoms with Crippen molar-refractivity contribution in [1.82, 2.24) is 20.0 Å². The zero-order valence-corrected chi connectivity index (χ0v) is 21.5. The van der Waals surface area contributed by atoms with Crippen molar-refractivity contribution in [3.05, 3.63) is 47.8 Å². The molecule has 2 fully saturated rings.